The fourth-order valence-electron chi connectivity index (χ4n) is 3.80. The molecule has 2 aromatic carbocycles. The first kappa shape index (κ1) is 36.3. The van der Waals surface area contributed by atoms with Crippen LogP contribution in [0.5, 0.6) is 11.5 Å². The summed E-state index contributed by atoms with van der Waals surface area (Å²) < 4.78 is 182. The molecule has 0 spiro atoms. The second-order valence-electron chi connectivity index (χ2n) is 9.76. The van der Waals surface area contributed by atoms with E-state index in [0.717, 1.165) is 36.8 Å². The van der Waals surface area contributed by atoms with Gasteiger partial charge in [-0.2, -0.15) is 57.1 Å². The molecule has 0 heterocycles. The second-order valence-corrected chi connectivity index (χ2v) is 9.76. The van der Waals surface area contributed by atoms with Crippen LogP contribution in [0.3, 0.4) is 0 Å². The van der Waals surface area contributed by atoms with Crippen LogP contribution in [0, 0.1) is 0 Å². The van der Waals surface area contributed by atoms with E-state index in [1.807, 2.05) is 12.1 Å². The van der Waals surface area contributed by atoms with E-state index in [0.29, 0.717) is 12.4 Å². The monoisotopic (exact) mass is 644 g/mol. The number of alkyl halides is 13. The minimum Gasteiger partial charge on any atom is -0.494 e. The Labute approximate surface area is 239 Å². The van der Waals surface area contributed by atoms with Crippen molar-refractivity contribution in [1.82, 2.24) is 0 Å². The van der Waals surface area contributed by atoms with Crippen LogP contribution in [0.15, 0.2) is 48.5 Å². The summed E-state index contributed by atoms with van der Waals surface area (Å²) in [4.78, 5) is 0. The molecule has 0 unspecified atom stereocenters. The van der Waals surface area contributed by atoms with Crippen LogP contribution in [0.25, 0.3) is 11.1 Å². The highest BCUT2D eigenvalue weighted by atomic mass is 19.4. The largest absolute Gasteiger partial charge is 0.494 e. The Kier molecular flexibility index (Phi) is 11.7. The summed E-state index contributed by atoms with van der Waals surface area (Å²) >= 11 is 0. The van der Waals surface area contributed by atoms with Crippen LogP contribution >= 0.6 is 0 Å². The molecule has 0 amide bonds. The number of hydrogen-bond acceptors (Lipinski definition) is 2. The summed E-state index contributed by atoms with van der Waals surface area (Å²) in [6.45, 7) is 2.27. The zero-order chi connectivity index (χ0) is 32.7. The molecule has 0 fully saturated rings. The molecule has 0 aromatic heterocycles. The molecule has 0 atom stereocenters. The molecule has 15 heteroatoms. The number of ether oxygens (including phenoxy) is 2. The van der Waals surface area contributed by atoms with Gasteiger partial charge in [-0.3, -0.25) is 0 Å². The van der Waals surface area contributed by atoms with Crippen molar-refractivity contribution in [3.63, 3.8) is 0 Å². The summed E-state index contributed by atoms with van der Waals surface area (Å²) in [5, 5.41) is 0. The van der Waals surface area contributed by atoms with E-state index in [9.17, 15) is 57.1 Å². The quantitative estimate of drug-likeness (QED) is 0.126. The van der Waals surface area contributed by atoms with Gasteiger partial charge >= 0.3 is 35.8 Å². The number of benzene rings is 2. The minimum atomic E-state index is -7.88. The van der Waals surface area contributed by atoms with Gasteiger partial charge in [0.2, 0.25) is 0 Å². The first-order valence-electron chi connectivity index (χ1n) is 13.1. The number of hydrogen-bond donors (Lipinski definition) is 0. The van der Waals surface area contributed by atoms with E-state index in [1.165, 1.54) is 12.1 Å². The van der Waals surface area contributed by atoms with Crippen LogP contribution < -0.4 is 9.47 Å². The topological polar surface area (TPSA) is 18.5 Å². The highest BCUT2D eigenvalue weighted by molar-refractivity contribution is 5.64. The zero-order valence-electron chi connectivity index (χ0n) is 22.7. The lowest BCUT2D eigenvalue weighted by atomic mass is 9.92. The van der Waals surface area contributed by atoms with Crippen LogP contribution in [0.4, 0.5) is 57.1 Å². The van der Waals surface area contributed by atoms with Crippen molar-refractivity contribution in [3.8, 4) is 22.6 Å². The van der Waals surface area contributed by atoms with E-state index in [-0.39, 0.29) is 5.75 Å². The summed E-state index contributed by atoms with van der Waals surface area (Å²) in [5.41, 5.74) is 1.58. The van der Waals surface area contributed by atoms with E-state index in [2.05, 4.69) is 6.92 Å². The lowest BCUT2D eigenvalue weighted by molar-refractivity contribution is -0.440. The average Bonchev–Trinajstić information content (AvgIpc) is 2.92. The van der Waals surface area contributed by atoms with Gasteiger partial charge in [-0.05, 0) is 54.7 Å². The Morgan fingerprint density at radius 3 is 1.26 bits per heavy atom. The minimum absolute atomic E-state index is 0.202. The fraction of sp³-hybridized carbons (Fsp3) is 0.571. The third-order valence-corrected chi connectivity index (χ3v) is 6.46. The first-order chi connectivity index (χ1) is 19.7. The van der Waals surface area contributed by atoms with E-state index in [4.69, 9.17) is 9.47 Å². The van der Waals surface area contributed by atoms with Gasteiger partial charge in [0, 0.05) is 6.42 Å². The molecule has 0 aliphatic heterocycles. The van der Waals surface area contributed by atoms with E-state index >= 15 is 0 Å². The molecule has 43 heavy (non-hydrogen) atoms. The van der Waals surface area contributed by atoms with Crippen molar-refractivity contribution in [2.24, 2.45) is 0 Å². The molecular weight excluding hydrogens is 615 g/mol. The predicted octanol–water partition coefficient (Wildman–Crippen LogP) is 10.6. The molecular formula is C28H29F13O2. The third kappa shape index (κ3) is 8.00. The van der Waals surface area contributed by atoms with Crippen LogP contribution in [-0.2, 0) is 0 Å². The zero-order valence-corrected chi connectivity index (χ0v) is 22.7. The van der Waals surface area contributed by atoms with Gasteiger partial charge < -0.3 is 9.47 Å². The van der Waals surface area contributed by atoms with Gasteiger partial charge in [0.25, 0.3) is 0 Å². The van der Waals surface area contributed by atoms with Crippen LogP contribution in [0.2, 0.25) is 0 Å². The standard InChI is InChI=1S/C28H29F13O2/c1-2-3-4-6-17-42-21-12-8-19(9-13-21)20-10-14-22(15-11-20)43-18-7-5-16-23(29,30)24(31,32)25(33,34)26(35,36)27(37,38)28(39,40)41/h8-15H,2-7,16-18H2,1H3. The third-order valence-electron chi connectivity index (χ3n) is 6.46. The van der Waals surface area contributed by atoms with Crippen molar-refractivity contribution in [2.75, 3.05) is 13.2 Å². The predicted molar refractivity (Wildman–Crippen MR) is 132 cm³/mol. The van der Waals surface area contributed by atoms with Crippen molar-refractivity contribution < 1.29 is 66.5 Å². The number of halogens is 13. The Morgan fingerprint density at radius 2 is 0.860 bits per heavy atom. The van der Waals surface area contributed by atoms with Gasteiger partial charge in [-0.15, -0.1) is 0 Å². The Hall–Kier alpha value is -2.87. The molecule has 0 aliphatic rings. The number of rotatable bonds is 17. The normalized spacial score (nSPS) is 13.7. The summed E-state index contributed by atoms with van der Waals surface area (Å²) in [6.07, 6.45) is -6.96. The van der Waals surface area contributed by atoms with Crippen molar-refractivity contribution in [2.45, 2.75) is 87.7 Å². The lowest BCUT2D eigenvalue weighted by Crippen LogP contribution is -2.70. The SMILES string of the molecule is CCCCCCOc1ccc(-c2ccc(OCCCCC(F)(F)C(F)(F)C(F)(F)C(F)(F)C(F)(F)C(F)(F)F)cc2)cc1. The maximum absolute atomic E-state index is 13.9. The molecule has 0 saturated carbocycles. The average molecular weight is 645 g/mol. The first-order valence-corrected chi connectivity index (χ1v) is 13.1. The van der Waals surface area contributed by atoms with Gasteiger partial charge in [0.15, 0.2) is 0 Å². The molecule has 244 valence electrons. The second kappa shape index (κ2) is 13.8. The highest BCUT2D eigenvalue weighted by Crippen LogP contribution is 2.60. The lowest BCUT2D eigenvalue weighted by Gasteiger charge is -2.39. The maximum atomic E-state index is 13.9. The van der Waals surface area contributed by atoms with Crippen molar-refractivity contribution in [3.05, 3.63) is 48.5 Å². The smallest absolute Gasteiger partial charge is 0.460 e. The van der Waals surface area contributed by atoms with Gasteiger partial charge in [-0.25, -0.2) is 0 Å². The Balaban J connectivity index is 1.89. The molecule has 0 N–H and O–H groups in total. The van der Waals surface area contributed by atoms with Crippen LogP contribution in [0.1, 0.15) is 51.9 Å². The molecule has 0 bridgehead atoms. The van der Waals surface area contributed by atoms with Crippen LogP contribution in [-0.4, -0.2) is 49.0 Å². The molecule has 2 rings (SSSR count). The maximum Gasteiger partial charge on any atom is 0.460 e. The Morgan fingerprint density at radius 1 is 0.465 bits per heavy atom. The Bertz CT molecular complexity index is 1130. The summed E-state index contributed by atoms with van der Waals surface area (Å²) in [6, 6.07) is 13.5. The van der Waals surface area contributed by atoms with Crippen molar-refractivity contribution >= 4 is 0 Å². The molecule has 0 radical (unpaired) electrons. The van der Waals surface area contributed by atoms with Gasteiger partial charge in [0.1, 0.15) is 11.5 Å². The van der Waals surface area contributed by atoms with Crippen molar-refractivity contribution in [1.29, 1.82) is 0 Å². The van der Waals surface area contributed by atoms with Gasteiger partial charge in [0.05, 0.1) is 13.2 Å². The summed E-state index contributed by atoms with van der Waals surface area (Å²) in [5.74, 6) is -35.8. The highest BCUT2D eigenvalue weighted by Gasteiger charge is 2.90. The summed E-state index contributed by atoms with van der Waals surface area (Å²) in [7, 11) is 0. The molecule has 0 aliphatic carbocycles. The fourth-order valence-corrected chi connectivity index (χ4v) is 3.80. The number of unbranched alkanes of at least 4 members (excludes halogenated alkanes) is 4. The molecule has 0 saturated heterocycles. The van der Waals surface area contributed by atoms with E-state index in [1.54, 1.807) is 24.3 Å². The molecule has 2 nitrogen and oxygen atoms in total. The molecule has 2 aromatic rings. The van der Waals surface area contributed by atoms with E-state index < -0.39 is 61.7 Å². The van der Waals surface area contributed by atoms with Gasteiger partial charge in [-0.1, -0.05) is 50.5 Å².